The van der Waals surface area contributed by atoms with Gasteiger partial charge in [0.2, 0.25) is 6.29 Å². The number of nitroso groups, excluding NO2 is 1. The van der Waals surface area contributed by atoms with Crippen molar-refractivity contribution in [1.29, 1.82) is 0 Å². The van der Waals surface area contributed by atoms with Crippen molar-refractivity contribution in [2.75, 3.05) is 34.0 Å². The lowest BCUT2D eigenvalue weighted by Gasteiger charge is -2.39. The Labute approximate surface area is 213 Å². The van der Waals surface area contributed by atoms with Gasteiger partial charge < -0.3 is 38.6 Å². The Kier molecular flexibility index (Phi) is 7.18. The number of aliphatic hydroxyl groups is 1. The third kappa shape index (κ3) is 4.19. The number of fused-ring (bicyclic) bond motifs is 4. The Morgan fingerprint density at radius 3 is 2.57 bits per heavy atom. The van der Waals surface area contributed by atoms with Crippen LogP contribution >= 0.6 is 0 Å². The molecule has 2 N–H and O–H groups in total. The number of phenols is 1. The first kappa shape index (κ1) is 26.0. The van der Waals surface area contributed by atoms with E-state index >= 15 is 0 Å². The molecule has 3 saturated heterocycles. The van der Waals surface area contributed by atoms with Gasteiger partial charge in [-0.2, -0.15) is 0 Å². The second kappa shape index (κ2) is 10.2. The lowest BCUT2D eigenvalue weighted by molar-refractivity contribution is -0.349. The van der Waals surface area contributed by atoms with Crippen molar-refractivity contribution in [1.82, 2.24) is 0 Å². The first-order chi connectivity index (χ1) is 17.9. The lowest BCUT2D eigenvalue weighted by Crippen LogP contribution is -2.58. The number of aryl methyl sites for hydroxylation is 1. The molecule has 11 nitrogen and oxygen atoms in total. The van der Waals surface area contributed by atoms with Crippen LogP contribution in [0.25, 0.3) is 10.8 Å². The number of carbonyl (C=O) groups is 1. The molecule has 3 fully saturated rings. The smallest absolute Gasteiger partial charge is 0.251 e. The van der Waals surface area contributed by atoms with Crippen molar-refractivity contribution < 1.29 is 43.4 Å². The SMILES string of the molecule is COC1C(O)C2COC1(C1OCCCO1)O2.COc1c2c(c(O)c3c(N=O)cc(C)cc13)C(=O)CCC2. The number of rotatable bonds is 4. The zero-order chi connectivity index (χ0) is 26.3. The van der Waals surface area contributed by atoms with Gasteiger partial charge in [0.1, 0.15) is 35.5 Å². The number of aliphatic hydroxyl groups excluding tert-OH is 1. The fraction of sp³-hybridized carbons (Fsp3) is 0.577. The molecule has 3 aliphatic heterocycles. The van der Waals surface area contributed by atoms with Crippen LogP contribution < -0.4 is 4.74 Å². The van der Waals surface area contributed by atoms with Crippen molar-refractivity contribution in [3.63, 3.8) is 0 Å². The molecular weight excluding hydrogens is 486 g/mol. The Hall–Kier alpha value is -2.67. The predicted octanol–water partition coefficient (Wildman–Crippen LogP) is 3.03. The fourth-order valence-electron chi connectivity index (χ4n) is 5.68. The topological polar surface area (TPSA) is 142 Å². The van der Waals surface area contributed by atoms with Gasteiger partial charge in [0.25, 0.3) is 5.79 Å². The van der Waals surface area contributed by atoms with Gasteiger partial charge in [-0.1, -0.05) is 0 Å². The van der Waals surface area contributed by atoms with Gasteiger partial charge in [-0.15, -0.1) is 4.91 Å². The summed E-state index contributed by atoms with van der Waals surface area (Å²) in [5, 5.41) is 24.4. The van der Waals surface area contributed by atoms with Gasteiger partial charge in [-0.3, -0.25) is 4.79 Å². The molecule has 4 atom stereocenters. The van der Waals surface area contributed by atoms with E-state index in [4.69, 9.17) is 28.4 Å². The summed E-state index contributed by atoms with van der Waals surface area (Å²) in [7, 11) is 3.05. The average molecular weight is 518 g/mol. The number of Topliss-reactive ketones (excluding diaryl/α,β-unsaturated/α-hetero) is 1. The maximum atomic E-state index is 12.2. The molecule has 0 aromatic heterocycles. The van der Waals surface area contributed by atoms with Gasteiger partial charge in [0.15, 0.2) is 5.78 Å². The summed E-state index contributed by atoms with van der Waals surface area (Å²) in [6.07, 6.45) is 0.444. The fourth-order valence-corrected chi connectivity index (χ4v) is 5.68. The summed E-state index contributed by atoms with van der Waals surface area (Å²) in [6.45, 7) is 3.41. The molecule has 2 aromatic rings. The average Bonchev–Trinajstić information content (AvgIpc) is 3.47. The van der Waals surface area contributed by atoms with Crippen LogP contribution in [-0.2, 0) is 30.1 Å². The normalized spacial score (nSPS) is 29.1. The molecule has 0 spiro atoms. The molecule has 0 saturated carbocycles. The van der Waals surface area contributed by atoms with Crippen LogP contribution in [0.3, 0.4) is 0 Å². The Morgan fingerprint density at radius 1 is 1.14 bits per heavy atom. The molecule has 0 amide bonds. The molecule has 4 aliphatic rings. The standard InChI is InChI=1S/C16H15NO4.C10H16O6/c1-8-6-10-13(11(7-8)17-20)15(19)14-9(16(10)21-2)4-3-5-12(14)18;1-12-8-7(11)6-5-15-10(8,16-6)9-13-3-2-4-14-9/h6-7,19H,3-5H2,1-2H3;6-9,11H,2-5H2,1H3. The molecule has 2 aromatic carbocycles. The number of hydrogen-bond donors (Lipinski definition) is 2. The van der Waals surface area contributed by atoms with Gasteiger partial charge >= 0.3 is 0 Å². The molecule has 6 rings (SSSR count). The number of ketones is 1. The van der Waals surface area contributed by atoms with Crippen molar-refractivity contribution in [2.45, 2.75) is 63.0 Å². The highest BCUT2D eigenvalue weighted by molar-refractivity contribution is 6.12. The maximum absolute atomic E-state index is 12.2. The minimum Gasteiger partial charge on any atom is -0.506 e. The van der Waals surface area contributed by atoms with E-state index in [2.05, 4.69) is 5.18 Å². The second-order valence-corrected chi connectivity index (χ2v) is 9.57. The molecule has 4 unspecified atom stereocenters. The monoisotopic (exact) mass is 517 g/mol. The third-order valence-electron chi connectivity index (χ3n) is 7.27. The number of methoxy groups -OCH3 is 2. The predicted molar refractivity (Wildman–Crippen MR) is 130 cm³/mol. The van der Waals surface area contributed by atoms with Crippen LogP contribution in [-0.4, -0.2) is 80.4 Å². The molecule has 3 heterocycles. The zero-order valence-corrected chi connectivity index (χ0v) is 21.0. The number of aromatic hydroxyl groups is 1. The number of benzene rings is 2. The van der Waals surface area contributed by atoms with Gasteiger partial charge in [-0.25, -0.2) is 0 Å². The summed E-state index contributed by atoms with van der Waals surface area (Å²) < 4.78 is 33.0. The number of phenolic OH excluding ortho intramolecular Hbond substituents is 1. The van der Waals surface area contributed by atoms with Crippen molar-refractivity contribution in [3.05, 3.63) is 33.7 Å². The lowest BCUT2D eigenvalue weighted by atomic mass is 9.85. The molecule has 11 heteroatoms. The van der Waals surface area contributed by atoms with E-state index in [1.807, 2.05) is 13.0 Å². The van der Waals surface area contributed by atoms with Crippen LogP contribution in [0.4, 0.5) is 5.69 Å². The van der Waals surface area contributed by atoms with Crippen LogP contribution in [0.15, 0.2) is 17.3 Å². The summed E-state index contributed by atoms with van der Waals surface area (Å²) in [5.74, 6) is -0.815. The van der Waals surface area contributed by atoms with E-state index < -0.39 is 24.3 Å². The van der Waals surface area contributed by atoms with E-state index in [0.29, 0.717) is 49.2 Å². The summed E-state index contributed by atoms with van der Waals surface area (Å²) in [4.78, 5) is 23.2. The quantitative estimate of drug-likeness (QED) is 0.581. The maximum Gasteiger partial charge on any atom is 0.251 e. The first-order valence-corrected chi connectivity index (χ1v) is 12.3. The molecular formula is C26H31NO10. The number of ether oxygens (including phenoxy) is 6. The summed E-state index contributed by atoms with van der Waals surface area (Å²) in [5.41, 5.74) is 1.97. The van der Waals surface area contributed by atoms with Gasteiger partial charge in [-0.05, 0) is 49.1 Å². The minimum absolute atomic E-state index is 0.119. The Morgan fingerprint density at radius 2 is 1.89 bits per heavy atom. The van der Waals surface area contributed by atoms with Crippen molar-refractivity contribution in [2.24, 2.45) is 5.18 Å². The highest BCUT2D eigenvalue weighted by Crippen LogP contribution is 2.47. The number of hydrogen-bond acceptors (Lipinski definition) is 11. The largest absolute Gasteiger partial charge is 0.506 e. The van der Waals surface area contributed by atoms with Crippen LogP contribution in [0.2, 0.25) is 0 Å². The van der Waals surface area contributed by atoms with Gasteiger partial charge in [0, 0.05) is 24.5 Å². The van der Waals surface area contributed by atoms with Crippen LogP contribution in [0, 0.1) is 11.8 Å². The third-order valence-corrected chi connectivity index (χ3v) is 7.27. The molecule has 0 radical (unpaired) electrons. The van der Waals surface area contributed by atoms with Crippen molar-refractivity contribution in [3.8, 4) is 11.5 Å². The molecule has 200 valence electrons. The van der Waals surface area contributed by atoms with E-state index in [1.165, 1.54) is 14.2 Å². The summed E-state index contributed by atoms with van der Waals surface area (Å²) in [6, 6.07) is 3.43. The molecule has 2 bridgehead atoms. The van der Waals surface area contributed by atoms with Crippen LogP contribution in [0.1, 0.15) is 40.7 Å². The molecule has 1 aliphatic carbocycles. The zero-order valence-electron chi connectivity index (χ0n) is 21.0. The Bertz CT molecular complexity index is 1210. The molecule has 37 heavy (non-hydrogen) atoms. The highest BCUT2D eigenvalue weighted by atomic mass is 16.8. The highest BCUT2D eigenvalue weighted by Gasteiger charge is 2.66. The number of carbonyl (C=O) groups excluding carboxylic acids is 1. The summed E-state index contributed by atoms with van der Waals surface area (Å²) >= 11 is 0. The number of nitrogens with zero attached hydrogens (tertiary/aromatic N) is 1. The Balaban J connectivity index is 0.000000157. The van der Waals surface area contributed by atoms with E-state index in [-0.39, 0.29) is 28.9 Å². The second-order valence-electron chi connectivity index (χ2n) is 9.57. The first-order valence-electron chi connectivity index (χ1n) is 12.3. The van der Waals surface area contributed by atoms with E-state index in [1.54, 1.807) is 6.07 Å². The van der Waals surface area contributed by atoms with E-state index in [0.717, 1.165) is 24.0 Å². The van der Waals surface area contributed by atoms with Crippen LogP contribution in [0.5, 0.6) is 11.5 Å². The van der Waals surface area contributed by atoms with Gasteiger partial charge in [0.05, 0.1) is 37.9 Å². The minimum atomic E-state index is -1.10. The van der Waals surface area contributed by atoms with Crippen molar-refractivity contribution >= 4 is 22.2 Å². The van der Waals surface area contributed by atoms with E-state index in [9.17, 15) is 19.9 Å².